The minimum Gasteiger partial charge on any atom is -0.327 e. The summed E-state index contributed by atoms with van der Waals surface area (Å²) in [6.07, 6.45) is 6.45. The van der Waals surface area contributed by atoms with Gasteiger partial charge in [0.2, 0.25) is 0 Å². The molecule has 1 aliphatic rings. The van der Waals surface area contributed by atoms with Crippen LogP contribution < -0.4 is 0 Å². The van der Waals surface area contributed by atoms with Gasteiger partial charge in [-0.25, -0.2) is 4.98 Å². The molecular weight excluding hydrogens is 306 g/mol. The van der Waals surface area contributed by atoms with Gasteiger partial charge in [0.25, 0.3) is 0 Å². The quantitative estimate of drug-likeness (QED) is 0.677. The van der Waals surface area contributed by atoms with E-state index in [1.807, 2.05) is 0 Å². The molecule has 25 heavy (non-hydrogen) atoms. The molecule has 0 bridgehead atoms. The molecule has 3 nitrogen and oxygen atoms in total. The van der Waals surface area contributed by atoms with E-state index in [0.717, 1.165) is 25.0 Å². The number of imidazole rings is 1. The molecule has 130 valence electrons. The summed E-state index contributed by atoms with van der Waals surface area (Å²) in [4.78, 5) is 7.56. The third kappa shape index (κ3) is 3.93. The Morgan fingerprint density at radius 3 is 2.32 bits per heavy atom. The number of hydrogen-bond acceptors (Lipinski definition) is 2. The molecular formula is C22H27N3. The van der Waals surface area contributed by atoms with Crippen molar-refractivity contribution >= 4 is 11.0 Å². The van der Waals surface area contributed by atoms with Crippen molar-refractivity contribution in [3.8, 4) is 0 Å². The predicted octanol–water partition coefficient (Wildman–Crippen LogP) is 4.66. The zero-order valence-corrected chi connectivity index (χ0v) is 14.9. The van der Waals surface area contributed by atoms with E-state index >= 15 is 0 Å². The van der Waals surface area contributed by atoms with Crippen molar-refractivity contribution in [3.63, 3.8) is 0 Å². The van der Waals surface area contributed by atoms with Crippen molar-refractivity contribution in [1.29, 1.82) is 0 Å². The van der Waals surface area contributed by atoms with Crippen molar-refractivity contribution in [2.45, 2.75) is 45.2 Å². The lowest BCUT2D eigenvalue weighted by Gasteiger charge is -2.20. The van der Waals surface area contributed by atoms with Crippen LogP contribution in [0, 0.1) is 0 Å². The second-order valence-corrected chi connectivity index (χ2v) is 7.09. The van der Waals surface area contributed by atoms with E-state index in [-0.39, 0.29) is 0 Å². The van der Waals surface area contributed by atoms with Gasteiger partial charge < -0.3 is 4.57 Å². The van der Waals surface area contributed by atoms with Crippen LogP contribution in [0.5, 0.6) is 0 Å². The van der Waals surface area contributed by atoms with Crippen molar-refractivity contribution in [2.24, 2.45) is 0 Å². The van der Waals surface area contributed by atoms with Gasteiger partial charge >= 0.3 is 0 Å². The lowest BCUT2D eigenvalue weighted by molar-refractivity contribution is 0.266. The standard InChI is InChI=1S/C22H27N3/c1-2-9-16-24(15-8-1)18-22-23-20-12-6-7-13-21(20)25(22)17-14-19-10-4-3-5-11-19/h3-7,10-13H,1-2,8-9,14-18H2. The van der Waals surface area contributed by atoms with E-state index in [0.29, 0.717) is 0 Å². The number of benzene rings is 2. The van der Waals surface area contributed by atoms with Crippen LogP contribution in [0.4, 0.5) is 0 Å². The number of para-hydroxylation sites is 2. The number of nitrogens with zero attached hydrogens (tertiary/aromatic N) is 3. The highest BCUT2D eigenvalue weighted by Crippen LogP contribution is 2.20. The largest absolute Gasteiger partial charge is 0.327 e. The van der Waals surface area contributed by atoms with Crippen LogP contribution in [-0.4, -0.2) is 27.5 Å². The van der Waals surface area contributed by atoms with Gasteiger partial charge in [-0.2, -0.15) is 0 Å². The van der Waals surface area contributed by atoms with Gasteiger partial charge in [-0.1, -0.05) is 55.3 Å². The Bertz CT molecular complexity index is 799. The highest BCUT2D eigenvalue weighted by molar-refractivity contribution is 5.75. The third-order valence-electron chi connectivity index (χ3n) is 5.26. The van der Waals surface area contributed by atoms with Gasteiger partial charge in [-0.3, -0.25) is 4.90 Å². The molecule has 1 aliphatic heterocycles. The first-order valence-corrected chi connectivity index (χ1v) is 9.60. The topological polar surface area (TPSA) is 21.1 Å². The number of aryl methyl sites for hydroxylation is 2. The summed E-state index contributed by atoms with van der Waals surface area (Å²) in [7, 11) is 0. The molecule has 1 saturated heterocycles. The summed E-state index contributed by atoms with van der Waals surface area (Å²) >= 11 is 0. The van der Waals surface area contributed by atoms with Crippen LogP contribution in [0.15, 0.2) is 54.6 Å². The Labute approximate surface area is 150 Å². The van der Waals surface area contributed by atoms with Crippen molar-refractivity contribution in [2.75, 3.05) is 13.1 Å². The zero-order chi connectivity index (χ0) is 16.9. The molecule has 0 atom stereocenters. The Morgan fingerprint density at radius 1 is 0.800 bits per heavy atom. The van der Waals surface area contributed by atoms with Crippen molar-refractivity contribution < 1.29 is 0 Å². The summed E-state index contributed by atoms with van der Waals surface area (Å²) in [5, 5.41) is 0. The van der Waals surface area contributed by atoms with Crippen LogP contribution in [0.25, 0.3) is 11.0 Å². The molecule has 1 aromatic heterocycles. The second kappa shape index (κ2) is 7.83. The first-order chi connectivity index (χ1) is 12.4. The van der Waals surface area contributed by atoms with Gasteiger partial charge in [-0.15, -0.1) is 0 Å². The van der Waals surface area contributed by atoms with Gasteiger partial charge in [0.1, 0.15) is 5.82 Å². The monoisotopic (exact) mass is 333 g/mol. The number of fused-ring (bicyclic) bond motifs is 1. The molecule has 0 spiro atoms. The molecule has 0 radical (unpaired) electrons. The van der Waals surface area contributed by atoms with Crippen LogP contribution in [0.3, 0.4) is 0 Å². The van der Waals surface area contributed by atoms with Crippen LogP contribution in [-0.2, 0) is 19.5 Å². The Balaban J connectivity index is 1.58. The number of rotatable bonds is 5. The fourth-order valence-corrected chi connectivity index (χ4v) is 3.88. The minimum atomic E-state index is 0.976. The van der Waals surface area contributed by atoms with Gasteiger partial charge in [-0.05, 0) is 50.0 Å². The Kier molecular flexibility index (Phi) is 5.12. The lowest BCUT2D eigenvalue weighted by Crippen LogP contribution is -2.26. The molecule has 3 aromatic rings. The molecule has 0 aliphatic carbocycles. The van der Waals surface area contributed by atoms with E-state index in [1.54, 1.807) is 0 Å². The van der Waals surface area contributed by atoms with E-state index in [1.165, 1.54) is 55.7 Å². The third-order valence-corrected chi connectivity index (χ3v) is 5.26. The first-order valence-electron chi connectivity index (χ1n) is 9.60. The first kappa shape index (κ1) is 16.3. The molecule has 0 unspecified atom stereocenters. The van der Waals surface area contributed by atoms with E-state index in [4.69, 9.17) is 4.98 Å². The maximum atomic E-state index is 4.97. The molecule has 2 heterocycles. The van der Waals surface area contributed by atoms with Crippen LogP contribution in [0.2, 0.25) is 0 Å². The van der Waals surface area contributed by atoms with E-state index in [2.05, 4.69) is 64.1 Å². The second-order valence-electron chi connectivity index (χ2n) is 7.09. The Morgan fingerprint density at radius 2 is 1.52 bits per heavy atom. The maximum Gasteiger partial charge on any atom is 0.124 e. The summed E-state index contributed by atoms with van der Waals surface area (Å²) < 4.78 is 2.44. The summed E-state index contributed by atoms with van der Waals surface area (Å²) in [6.45, 7) is 4.39. The van der Waals surface area contributed by atoms with Crippen molar-refractivity contribution in [3.05, 3.63) is 66.0 Å². The fourth-order valence-electron chi connectivity index (χ4n) is 3.88. The predicted molar refractivity (Wildman–Crippen MR) is 104 cm³/mol. The average Bonchev–Trinajstić information content (AvgIpc) is 2.81. The number of hydrogen-bond donors (Lipinski definition) is 0. The molecule has 2 aromatic carbocycles. The van der Waals surface area contributed by atoms with Gasteiger partial charge in [0.05, 0.1) is 17.6 Å². The number of likely N-dealkylation sites (tertiary alicyclic amines) is 1. The van der Waals surface area contributed by atoms with Crippen LogP contribution in [0.1, 0.15) is 37.1 Å². The molecule has 3 heteroatoms. The average molecular weight is 333 g/mol. The normalized spacial score (nSPS) is 16.2. The molecule has 4 rings (SSSR count). The van der Waals surface area contributed by atoms with Gasteiger partial charge in [0.15, 0.2) is 0 Å². The molecule has 0 N–H and O–H groups in total. The molecule has 0 saturated carbocycles. The maximum absolute atomic E-state index is 4.97. The summed E-state index contributed by atoms with van der Waals surface area (Å²) in [5.41, 5.74) is 3.78. The van der Waals surface area contributed by atoms with Gasteiger partial charge in [0, 0.05) is 6.54 Å². The highest BCUT2D eigenvalue weighted by atomic mass is 15.2. The summed E-state index contributed by atoms with van der Waals surface area (Å²) in [6, 6.07) is 19.3. The highest BCUT2D eigenvalue weighted by Gasteiger charge is 2.15. The SMILES string of the molecule is c1ccc(CCn2c(CN3CCCCCC3)nc3ccccc32)cc1. The zero-order valence-electron chi connectivity index (χ0n) is 14.9. The molecule has 0 amide bonds. The minimum absolute atomic E-state index is 0.976. The number of aromatic nitrogens is 2. The fraction of sp³-hybridized carbons (Fsp3) is 0.409. The van der Waals surface area contributed by atoms with Crippen LogP contribution >= 0.6 is 0 Å². The Hall–Kier alpha value is -2.13. The van der Waals surface area contributed by atoms with E-state index < -0.39 is 0 Å². The smallest absolute Gasteiger partial charge is 0.124 e. The summed E-state index contributed by atoms with van der Waals surface area (Å²) in [5.74, 6) is 1.22. The van der Waals surface area contributed by atoms with E-state index in [9.17, 15) is 0 Å². The lowest BCUT2D eigenvalue weighted by atomic mass is 10.1. The molecule has 1 fully saturated rings. The van der Waals surface area contributed by atoms with Crippen molar-refractivity contribution in [1.82, 2.24) is 14.5 Å².